The zero-order valence-corrected chi connectivity index (χ0v) is 7.24. The first-order valence-electron chi connectivity index (χ1n) is 2.98. The number of carbonyl (C=O) groups excluding carboxylic acids is 1. The Bertz CT molecular complexity index is 252. The topological polar surface area (TPSA) is 39.2 Å². The van der Waals surface area contributed by atoms with Crippen molar-refractivity contribution in [3.8, 4) is 0 Å². The third-order valence-electron chi connectivity index (χ3n) is 1.08. The summed E-state index contributed by atoms with van der Waals surface area (Å²) in [6.07, 6.45) is 1.65. The maximum Gasteiger partial charge on any atom is 0.293 e. The summed E-state index contributed by atoms with van der Waals surface area (Å²) >= 11 is 3.27. The second kappa shape index (κ2) is 4.08. The lowest BCUT2D eigenvalue weighted by Crippen LogP contribution is -1.92. The fourth-order valence-corrected chi connectivity index (χ4v) is 1.03. The zero-order valence-electron chi connectivity index (χ0n) is 5.66. The molecular formula is C7H6BrNO2. The van der Waals surface area contributed by atoms with Crippen molar-refractivity contribution in [1.29, 1.82) is 0 Å². The quantitative estimate of drug-likeness (QED) is 0.719. The van der Waals surface area contributed by atoms with Crippen LogP contribution in [-0.4, -0.2) is 11.5 Å². The van der Waals surface area contributed by atoms with E-state index in [0.29, 0.717) is 6.47 Å². The van der Waals surface area contributed by atoms with Gasteiger partial charge in [-0.05, 0) is 12.1 Å². The number of ether oxygens (including phenoxy) is 1. The molecule has 11 heavy (non-hydrogen) atoms. The smallest absolute Gasteiger partial charge is 0.293 e. The lowest BCUT2D eigenvalue weighted by molar-refractivity contribution is -0.129. The number of carbonyl (C=O) groups is 1. The van der Waals surface area contributed by atoms with Crippen LogP contribution < -0.4 is 0 Å². The standard InChI is InChI=1S/C7H6BrNO2/c8-6-1-2-9-7(3-6)4-11-5-10/h1-3,5H,4H2. The molecule has 0 aliphatic rings. The van der Waals surface area contributed by atoms with Gasteiger partial charge in [-0.15, -0.1) is 0 Å². The number of pyridine rings is 1. The van der Waals surface area contributed by atoms with Crippen molar-refractivity contribution in [3.63, 3.8) is 0 Å². The van der Waals surface area contributed by atoms with E-state index in [1.165, 1.54) is 0 Å². The van der Waals surface area contributed by atoms with Gasteiger partial charge in [-0.3, -0.25) is 9.78 Å². The van der Waals surface area contributed by atoms with E-state index in [0.717, 1.165) is 10.2 Å². The van der Waals surface area contributed by atoms with E-state index in [4.69, 9.17) is 0 Å². The van der Waals surface area contributed by atoms with Crippen LogP contribution in [-0.2, 0) is 16.1 Å². The molecule has 0 atom stereocenters. The van der Waals surface area contributed by atoms with Crippen molar-refractivity contribution in [2.24, 2.45) is 0 Å². The Kier molecular flexibility index (Phi) is 3.04. The zero-order chi connectivity index (χ0) is 8.10. The predicted molar refractivity (Wildman–Crippen MR) is 42.8 cm³/mol. The van der Waals surface area contributed by atoms with Gasteiger partial charge >= 0.3 is 0 Å². The molecule has 1 heterocycles. The fraction of sp³-hybridized carbons (Fsp3) is 0.143. The van der Waals surface area contributed by atoms with Crippen molar-refractivity contribution in [2.45, 2.75) is 6.61 Å². The average Bonchev–Trinajstić information content (AvgIpc) is 2.01. The van der Waals surface area contributed by atoms with Gasteiger partial charge in [0, 0.05) is 10.7 Å². The van der Waals surface area contributed by atoms with Crippen molar-refractivity contribution < 1.29 is 9.53 Å². The minimum Gasteiger partial charge on any atom is -0.461 e. The molecule has 0 amide bonds. The highest BCUT2D eigenvalue weighted by Gasteiger charge is 1.93. The molecule has 0 radical (unpaired) electrons. The van der Waals surface area contributed by atoms with E-state index in [1.54, 1.807) is 12.3 Å². The Hall–Kier alpha value is -0.900. The predicted octanol–water partition coefficient (Wildman–Crippen LogP) is 1.52. The van der Waals surface area contributed by atoms with E-state index >= 15 is 0 Å². The molecule has 0 fully saturated rings. The molecule has 0 aliphatic heterocycles. The van der Waals surface area contributed by atoms with Gasteiger partial charge in [-0.2, -0.15) is 0 Å². The summed E-state index contributed by atoms with van der Waals surface area (Å²) in [6.45, 7) is 0.630. The molecule has 0 unspecified atom stereocenters. The molecular weight excluding hydrogens is 210 g/mol. The summed E-state index contributed by atoms with van der Waals surface area (Å²) in [5.74, 6) is 0. The summed E-state index contributed by atoms with van der Waals surface area (Å²) in [7, 11) is 0. The Balaban J connectivity index is 2.63. The Morgan fingerprint density at radius 1 is 1.73 bits per heavy atom. The van der Waals surface area contributed by atoms with Crippen LogP contribution in [0, 0.1) is 0 Å². The van der Waals surface area contributed by atoms with Gasteiger partial charge in [-0.25, -0.2) is 0 Å². The second-order valence-corrected chi connectivity index (χ2v) is 2.79. The number of halogens is 1. The first-order chi connectivity index (χ1) is 5.33. The first-order valence-corrected chi connectivity index (χ1v) is 3.78. The molecule has 0 saturated carbocycles. The van der Waals surface area contributed by atoms with Gasteiger partial charge in [0.25, 0.3) is 6.47 Å². The number of aromatic nitrogens is 1. The van der Waals surface area contributed by atoms with E-state index in [-0.39, 0.29) is 6.61 Å². The molecule has 0 saturated heterocycles. The molecule has 0 aromatic carbocycles. The largest absolute Gasteiger partial charge is 0.461 e. The van der Waals surface area contributed by atoms with Gasteiger partial charge in [-0.1, -0.05) is 15.9 Å². The van der Waals surface area contributed by atoms with Gasteiger partial charge < -0.3 is 4.74 Å². The van der Waals surface area contributed by atoms with Crippen LogP contribution in [0.2, 0.25) is 0 Å². The van der Waals surface area contributed by atoms with Gasteiger partial charge in [0.05, 0.1) is 5.69 Å². The lowest BCUT2D eigenvalue weighted by atomic mass is 10.4. The van der Waals surface area contributed by atoms with Crippen LogP contribution in [0.4, 0.5) is 0 Å². The van der Waals surface area contributed by atoms with Crippen LogP contribution in [0.15, 0.2) is 22.8 Å². The SMILES string of the molecule is O=COCc1cc(Br)ccn1. The van der Waals surface area contributed by atoms with E-state index in [1.807, 2.05) is 6.07 Å². The Labute approximate surface area is 72.5 Å². The Morgan fingerprint density at radius 3 is 3.18 bits per heavy atom. The van der Waals surface area contributed by atoms with Crippen LogP contribution in [0.25, 0.3) is 0 Å². The number of hydrogen-bond donors (Lipinski definition) is 0. The first kappa shape index (κ1) is 8.20. The van der Waals surface area contributed by atoms with E-state index in [9.17, 15) is 4.79 Å². The molecule has 0 bridgehead atoms. The van der Waals surface area contributed by atoms with Gasteiger partial charge in [0.15, 0.2) is 0 Å². The summed E-state index contributed by atoms with van der Waals surface area (Å²) < 4.78 is 5.44. The Morgan fingerprint density at radius 2 is 2.55 bits per heavy atom. The van der Waals surface area contributed by atoms with E-state index < -0.39 is 0 Å². The lowest BCUT2D eigenvalue weighted by Gasteiger charge is -1.97. The summed E-state index contributed by atoms with van der Waals surface area (Å²) in [5.41, 5.74) is 0.728. The minimum atomic E-state index is 0.225. The summed E-state index contributed by atoms with van der Waals surface area (Å²) in [6, 6.07) is 3.61. The van der Waals surface area contributed by atoms with Crippen molar-refractivity contribution >= 4 is 22.4 Å². The molecule has 0 aliphatic carbocycles. The van der Waals surface area contributed by atoms with Crippen molar-refractivity contribution in [3.05, 3.63) is 28.5 Å². The molecule has 0 N–H and O–H groups in total. The highest BCUT2D eigenvalue weighted by atomic mass is 79.9. The monoisotopic (exact) mass is 215 g/mol. The van der Waals surface area contributed by atoms with Crippen LogP contribution in [0.3, 0.4) is 0 Å². The highest BCUT2D eigenvalue weighted by Crippen LogP contribution is 2.09. The van der Waals surface area contributed by atoms with Crippen molar-refractivity contribution in [2.75, 3.05) is 0 Å². The number of hydrogen-bond acceptors (Lipinski definition) is 3. The summed E-state index contributed by atoms with van der Waals surface area (Å²) in [4.78, 5) is 13.8. The maximum absolute atomic E-state index is 9.80. The van der Waals surface area contributed by atoms with Crippen LogP contribution >= 0.6 is 15.9 Å². The van der Waals surface area contributed by atoms with Crippen molar-refractivity contribution in [1.82, 2.24) is 4.98 Å². The van der Waals surface area contributed by atoms with Gasteiger partial charge in [0.1, 0.15) is 6.61 Å². The van der Waals surface area contributed by atoms with Crippen LogP contribution in [0.5, 0.6) is 0 Å². The maximum atomic E-state index is 9.80. The summed E-state index contributed by atoms with van der Waals surface area (Å²) in [5, 5.41) is 0. The highest BCUT2D eigenvalue weighted by molar-refractivity contribution is 9.10. The molecule has 1 aromatic rings. The van der Waals surface area contributed by atoms with Crippen LogP contribution in [0.1, 0.15) is 5.69 Å². The average molecular weight is 216 g/mol. The van der Waals surface area contributed by atoms with E-state index in [2.05, 4.69) is 25.7 Å². The third kappa shape index (κ3) is 2.67. The molecule has 0 spiro atoms. The molecule has 1 aromatic heterocycles. The molecule has 4 heteroatoms. The third-order valence-corrected chi connectivity index (χ3v) is 1.57. The molecule has 58 valence electrons. The normalized spacial score (nSPS) is 9.18. The molecule has 3 nitrogen and oxygen atoms in total. The number of rotatable bonds is 3. The molecule has 1 rings (SSSR count). The fourth-order valence-electron chi connectivity index (χ4n) is 0.647. The number of nitrogens with zero attached hydrogens (tertiary/aromatic N) is 1. The second-order valence-electron chi connectivity index (χ2n) is 1.87. The van der Waals surface area contributed by atoms with Gasteiger partial charge in [0.2, 0.25) is 0 Å². The minimum absolute atomic E-state index is 0.225.